The number of nitrogens with one attached hydrogen (secondary N) is 2. The highest BCUT2D eigenvalue weighted by molar-refractivity contribution is 6.01. The van der Waals surface area contributed by atoms with Crippen molar-refractivity contribution in [1.29, 1.82) is 5.26 Å². The SMILES string of the molecule is CC[C@]1(C#N)CCN(c2ccnc(Nc3ccc(C(=O)NC(C)(C)CO)cc3)n2)C1=O. The zero-order chi connectivity index (χ0) is 22.6. The molecule has 0 radical (unpaired) electrons. The first-order valence-electron chi connectivity index (χ1n) is 10.1. The Kier molecular flexibility index (Phi) is 6.22. The van der Waals surface area contributed by atoms with E-state index in [9.17, 15) is 20.0 Å². The molecule has 1 aliphatic heterocycles. The van der Waals surface area contributed by atoms with Crippen LogP contribution in [-0.4, -0.2) is 45.6 Å². The molecular formula is C22H26N6O3. The number of amides is 2. The highest BCUT2D eigenvalue weighted by Crippen LogP contribution is 2.36. The molecular weight excluding hydrogens is 396 g/mol. The maximum atomic E-state index is 12.8. The fraction of sp³-hybridized carbons (Fsp3) is 0.409. The summed E-state index contributed by atoms with van der Waals surface area (Å²) < 4.78 is 0. The van der Waals surface area contributed by atoms with Gasteiger partial charge in [0.05, 0.1) is 18.2 Å². The fourth-order valence-corrected chi connectivity index (χ4v) is 3.31. The molecule has 9 heteroatoms. The molecule has 2 heterocycles. The lowest BCUT2D eigenvalue weighted by Gasteiger charge is -2.23. The van der Waals surface area contributed by atoms with Crippen molar-refractivity contribution in [2.24, 2.45) is 5.41 Å². The summed E-state index contributed by atoms with van der Waals surface area (Å²) in [5.41, 5.74) is -0.574. The molecule has 1 aliphatic rings. The first-order chi connectivity index (χ1) is 14.7. The molecule has 1 saturated heterocycles. The van der Waals surface area contributed by atoms with Gasteiger partial charge in [0.15, 0.2) is 0 Å². The molecule has 0 unspecified atom stereocenters. The predicted octanol–water partition coefficient (Wildman–Crippen LogP) is 2.38. The third-order valence-electron chi connectivity index (χ3n) is 5.40. The highest BCUT2D eigenvalue weighted by atomic mass is 16.3. The van der Waals surface area contributed by atoms with Crippen molar-refractivity contribution in [3.8, 4) is 6.07 Å². The summed E-state index contributed by atoms with van der Waals surface area (Å²) >= 11 is 0. The fourth-order valence-electron chi connectivity index (χ4n) is 3.31. The molecule has 2 aromatic rings. The molecule has 1 aromatic carbocycles. The second-order valence-corrected chi connectivity index (χ2v) is 8.19. The molecule has 31 heavy (non-hydrogen) atoms. The number of aliphatic hydroxyl groups is 1. The maximum Gasteiger partial charge on any atom is 0.251 e. The number of rotatable bonds is 7. The smallest absolute Gasteiger partial charge is 0.251 e. The number of carbonyl (C=O) groups excluding carboxylic acids is 2. The molecule has 3 N–H and O–H groups in total. The van der Waals surface area contributed by atoms with Crippen molar-refractivity contribution in [2.45, 2.75) is 39.2 Å². The zero-order valence-corrected chi connectivity index (χ0v) is 17.8. The number of hydrogen-bond donors (Lipinski definition) is 3. The van der Waals surface area contributed by atoms with Crippen LogP contribution in [0.5, 0.6) is 0 Å². The van der Waals surface area contributed by atoms with E-state index in [0.29, 0.717) is 42.4 Å². The average Bonchev–Trinajstić information content (AvgIpc) is 3.10. The zero-order valence-electron chi connectivity index (χ0n) is 17.8. The molecule has 0 saturated carbocycles. The Morgan fingerprint density at radius 3 is 2.61 bits per heavy atom. The summed E-state index contributed by atoms with van der Waals surface area (Å²) in [6.07, 6.45) is 2.49. The lowest BCUT2D eigenvalue weighted by atomic mass is 9.85. The van der Waals surface area contributed by atoms with Gasteiger partial charge < -0.3 is 15.7 Å². The number of anilines is 3. The van der Waals surface area contributed by atoms with Crippen LogP contribution >= 0.6 is 0 Å². The average molecular weight is 422 g/mol. The Morgan fingerprint density at radius 1 is 1.32 bits per heavy atom. The van der Waals surface area contributed by atoms with Gasteiger partial charge in [0, 0.05) is 24.0 Å². The summed E-state index contributed by atoms with van der Waals surface area (Å²) in [6, 6.07) is 10.6. The normalized spacial score (nSPS) is 18.5. The molecule has 1 aromatic heterocycles. The maximum absolute atomic E-state index is 12.8. The summed E-state index contributed by atoms with van der Waals surface area (Å²) in [4.78, 5) is 35.2. The van der Waals surface area contributed by atoms with E-state index < -0.39 is 11.0 Å². The number of carbonyl (C=O) groups is 2. The molecule has 0 spiro atoms. The second kappa shape index (κ2) is 8.70. The largest absolute Gasteiger partial charge is 0.394 e. The van der Waals surface area contributed by atoms with E-state index in [1.54, 1.807) is 50.4 Å². The standard InChI is InChI=1S/C22H26N6O3/c1-4-22(13-23)10-12-28(19(22)31)17-9-11-24-20(26-17)25-16-7-5-15(6-8-16)18(30)27-21(2,3)14-29/h5-9,11,29H,4,10,12,14H2,1-3H3,(H,27,30)(H,24,25,26)/t22-/m1/s1. The first kappa shape index (κ1) is 22.2. The van der Waals surface area contributed by atoms with Crippen molar-refractivity contribution < 1.29 is 14.7 Å². The number of aromatic nitrogens is 2. The topological polar surface area (TPSA) is 131 Å². The van der Waals surface area contributed by atoms with Gasteiger partial charge in [-0.15, -0.1) is 0 Å². The van der Waals surface area contributed by atoms with Crippen LogP contribution in [0.2, 0.25) is 0 Å². The van der Waals surface area contributed by atoms with Gasteiger partial charge in [0.25, 0.3) is 5.91 Å². The van der Waals surface area contributed by atoms with Crippen LogP contribution in [0.3, 0.4) is 0 Å². The van der Waals surface area contributed by atoms with Crippen molar-refractivity contribution in [3.63, 3.8) is 0 Å². The van der Waals surface area contributed by atoms with E-state index in [4.69, 9.17) is 0 Å². The number of benzene rings is 1. The number of nitriles is 1. The van der Waals surface area contributed by atoms with Gasteiger partial charge >= 0.3 is 0 Å². The lowest BCUT2D eigenvalue weighted by molar-refractivity contribution is -0.123. The van der Waals surface area contributed by atoms with E-state index in [1.807, 2.05) is 6.92 Å². The molecule has 3 rings (SSSR count). The number of hydrogen-bond acceptors (Lipinski definition) is 7. The van der Waals surface area contributed by atoms with Crippen LogP contribution in [0.1, 0.15) is 44.0 Å². The molecule has 9 nitrogen and oxygen atoms in total. The van der Waals surface area contributed by atoms with Crippen LogP contribution in [0.15, 0.2) is 36.5 Å². The quantitative estimate of drug-likeness (QED) is 0.624. The Labute approximate surface area is 181 Å². The molecule has 1 fully saturated rings. The molecule has 1 atom stereocenters. The predicted molar refractivity (Wildman–Crippen MR) is 116 cm³/mol. The van der Waals surface area contributed by atoms with Gasteiger partial charge in [-0.3, -0.25) is 14.5 Å². The molecule has 2 amide bonds. The summed E-state index contributed by atoms with van der Waals surface area (Å²) in [5, 5.41) is 24.6. The summed E-state index contributed by atoms with van der Waals surface area (Å²) in [6.45, 7) is 5.57. The first-order valence-corrected chi connectivity index (χ1v) is 10.1. The van der Waals surface area contributed by atoms with Crippen molar-refractivity contribution >= 4 is 29.3 Å². The van der Waals surface area contributed by atoms with E-state index >= 15 is 0 Å². The monoisotopic (exact) mass is 422 g/mol. The number of aliphatic hydroxyl groups excluding tert-OH is 1. The Hall–Kier alpha value is -3.51. The third-order valence-corrected chi connectivity index (χ3v) is 5.40. The Bertz CT molecular complexity index is 1010. The van der Waals surface area contributed by atoms with Crippen molar-refractivity contribution in [2.75, 3.05) is 23.4 Å². The van der Waals surface area contributed by atoms with Crippen LogP contribution in [0.25, 0.3) is 0 Å². The van der Waals surface area contributed by atoms with Gasteiger partial charge in [-0.05, 0) is 57.0 Å². The Morgan fingerprint density at radius 2 is 2.03 bits per heavy atom. The van der Waals surface area contributed by atoms with Gasteiger partial charge in [-0.1, -0.05) is 6.92 Å². The Balaban J connectivity index is 1.71. The summed E-state index contributed by atoms with van der Waals surface area (Å²) in [5.74, 6) is 0.224. The minimum Gasteiger partial charge on any atom is -0.394 e. The van der Waals surface area contributed by atoms with Crippen LogP contribution in [-0.2, 0) is 4.79 Å². The third kappa shape index (κ3) is 4.64. The van der Waals surface area contributed by atoms with Crippen LogP contribution < -0.4 is 15.5 Å². The number of nitrogens with zero attached hydrogens (tertiary/aromatic N) is 4. The van der Waals surface area contributed by atoms with E-state index in [-0.39, 0.29) is 18.4 Å². The van der Waals surface area contributed by atoms with Gasteiger partial charge in [-0.2, -0.15) is 10.2 Å². The minimum atomic E-state index is -0.987. The van der Waals surface area contributed by atoms with Gasteiger partial charge in [-0.25, -0.2) is 4.98 Å². The highest BCUT2D eigenvalue weighted by Gasteiger charge is 2.46. The molecule has 0 aliphatic carbocycles. The lowest BCUT2D eigenvalue weighted by Crippen LogP contribution is -2.46. The van der Waals surface area contributed by atoms with E-state index in [0.717, 1.165) is 0 Å². The van der Waals surface area contributed by atoms with E-state index in [2.05, 4.69) is 26.7 Å². The van der Waals surface area contributed by atoms with Gasteiger partial charge in [0.1, 0.15) is 11.2 Å². The minimum absolute atomic E-state index is 0.167. The van der Waals surface area contributed by atoms with Crippen LogP contribution in [0, 0.1) is 16.7 Å². The second-order valence-electron chi connectivity index (χ2n) is 8.19. The molecule has 162 valence electrons. The van der Waals surface area contributed by atoms with Gasteiger partial charge in [0.2, 0.25) is 11.9 Å². The van der Waals surface area contributed by atoms with Crippen LogP contribution in [0.4, 0.5) is 17.5 Å². The van der Waals surface area contributed by atoms with Crippen molar-refractivity contribution in [3.05, 3.63) is 42.1 Å². The summed E-state index contributed by atoms with van der Waals surface area (Å²) in [7, 11) is 0. The molecule has 0 bridgehead atoms. The van der Waals surface area contributed by atoms with E-state index in [1.165, 1.54) is 4.90 Å². The van der Waals surface area contributed by atoms with Crippen molar-refractivity contribution in [1.82, 2.24) is 15.3 Å².